The van der Waals surface area contributed by atoms with Crippen molar-refractivity contribution in [3.05, 3.63) is 59.9 Å². The van der Waals surface area contributed by atoms with Crippen molar-refractivity contribution < 1.29 is 22.3 Å². The van der Waals surface area contributed by atoms with E-state index in [-0.39, 0.29) is 10.5 Å². The molecule has 0 atom stereocenters. The largest absolute Gasteiger partial charge is 0.379 e. The van der Waals surface area contributed by atoms with Crippen LogP contribution in [0.5, 0.6) is 0 Å². The van der Waals surface area contributed by atoms with Crippen LogP contribution in [0, 0.1) is 5.82 Å². The van der Waals surface area contributed by atoms with Gasteiger partial charge in [-0.15, -0.1) is 0 Å². The summed E-state index contributed by atoms with van der Waals surface area (Å²) >= 11 is 0. The van der Waals surface area contributed by atoms with E-state index >= 15 is 0 Å². The maximum Gasteiger partial charge on any atom is 0.255 e. The third-order valence-electron chi connectivity index (χ3n) is 3.81. The lowest BCUT2D eigenvalue weighted by Gasteiger charge is -2.26. The van der Waals surface area contributed by atoms with Crippen molar-refractivity contribution in [3.8, 4) is 0 Å². The van der Waals surface area contributed by atoms with Crippen molar-refractivity contribution in [1.82, 2.24) is 4.31 Å². The van der Waals surface area contributed by atoms with E-state index in [2.05, 4.69) is 5.32 Å². The zero-order valence-electron chi connectivity index (χ0n) is 13.3. The molecule has 1 N–H and O–H groups in total. The van der Waals surface area contributed by atoms with Crippen molar-refractivity contribution in [1.29, 1.82) is 0 Å². The van der Waals surface area contributed by atoms with Crippen molar-refractivity contribution >= 4 is 21.6 Å². The Morgan fingerprint density at radius 3 is 2.40 bits per heavy atom. The SMILES string of the molecule is O=C(Nc1ccc(S(=O)(=O)N2CCOCC2)cc1)c1cccc(F)c1. The second-order valence-corrected chi connectivity index (χ2v) is 7.44. The number of benzene rings is 2. The van der Waals surface area contributed by atoms with Crippen LogP contribution in [0.15, 0.2) is 53.4 Å². The molecule has 1 heterocycles. The van der Waals surface area contributed by atoms with Gasteiger partial charge in [-0.25, -0.2) is 12.8 Å². The molecule has 2 aromatic rings. The average Bonchev–Trinajstić information content (AvgIpc) is 2.63. The van der Waals surface area contributed by atoms with Gasteiger partial charge in [0, 0.05) is 24.3 Å². The number of nitrogens with one attached hydrogen (secondary N) is 1. The van der Waals surface area contributed by atoms with Gasteiger partial charge in [-0.1, -0.05) is 6.07 Å². The van der Waals surface area contributed by atoms with E-state index in [1.54, 1.807) is 0 Å². The van der Waals surface area contributed by atoms with Gasteiger partial charge in [0.15, 0.2) is 0 Å². The lowest BCUT2D eigenvalue weighted by Crippen LogP contribution is -2.40. The predicted molar refractivity (Wildman–Crippen MR) is 90.4 cm³/mol. The number of ether oxygens (including phenoxy) is 1. The van der Waals surface area contributed by atoms with Gasteiger partial charge in [-0.2, -0.15) is 4.31 Å². The van der Waals surface area contributed by atoms with Crippen LogP contribution in [0.25, 0.3) is 0 Å². The number of hydrogen-bond acceptors (Lipinski definition) is 4. The third kappa shape index (κ3) is 4.04. The topological polar surface area (TPSA) is 75.7 Å². The van der Waals surface area contributed by atoms with E-state index in [0.717, 1.165) is 6.07 Å². The molecular weight excluding hydrogens is 347 g/mol. The first kappa shape index (κ1) is 17.5. The molecule has 6 nitrogen and oxygen atoms in total. The van der Waals surface area contributed by atoms with Crippen molar-refractivity contribution in [2.45, 2.75) is 4.90 Å². The predicted octanol–water partition coefficient (Wildman–Crippen LogP) is 2.10. The van der Waals surface area contributed by atoms with E-state index in [1.807, 2.05) is 0 Å². The van der Waals surface area contributed by atoms with Gasteiger partial charge < -0.3 is 10.1 Å². The Balaban J connectivity index is 1.73. The summed E-state index contributed by atoms with van der Waals surface area (Å²) in [4.78, 5) is 12.2. The number of nitrogens with zero attached hydrogens (tertiary/aromatic N) is 1. The molecule has 1 aliphatic rings. The first-order chi connectivity index (χ1) is 12.0. The fourth-order valence-corrected chi connectivity index (χ4v) is 3.89. The average molecular weight is 364 g/mol. The van der Waals surface area contributed by atoms with Crippen LogP contribution >= 0.6 is 0 Å². The van der Waals surface area contributed by atoms with Gasteiger partial charge in [-0.05, 0) is 42.5 Å². The highest BCUT2D eigenvalue weighted by atomic mass is 32.2. The second-order valence-electron chi connectivity index (χ2n) is 5.51. The normalized spacial score (nSPS) is 15.7. The third-order valence-corrected chi connectivity index (χ3v) is 5.72. The number of carbonyl (C=O) groups is 1. The molecular formula is C17H17FN2O4S. The maximum atomic E-state index is 13.2. The highest BCUT2D eigenvalue weighted by Gasteiger charge is 2.26. The summed E-state index contributed by atoms with van der Waals surface area (Å²) in [5.74, 6) is -0.970. The summed E-state index contributed by atoms with van der Waals surface area (Å²) in [6, 6.07) is 11.2. The second kappa shape index (κ2) is 7.30. The minimum Gasteiger partial charge on any atom is -0.379 e. The number of carbonyl (C=O) groups excluding carboxylic acids is 1. The molecule has 0 spiro atoms. The first-order valence-corrected chi connectivity index (χ1v) is 9.16. The highest BCUT2D eigenvalue weighted by molar-refractivity contribution is 7.89. The maximum absolute atomic E-state index is 13.2. The van der Waals surface area contributed by atoms with Gasteiger partial charge in [-0.3, -0.25) is 4.79 Å². The monoisotopic (exact) mass is 364 g/mol. The number of halogens is 1. The van der Waals surface area contributed by atoms with E-state index in [9.17, 15) is 17.6 Å². The first-order valence-electron chi connectivity index (χ1n) is 7.72. The van der Waals surface area contributed by atoms with Gasteiger partial charge >= 0.3 is 0 Å². The molecule has 1 saturated heterocycles. The zero-order valence-corrected chi connectivity index (χ0v) is 14.1. The minimum atomic E-state index is -3.57. The van der Waals surface area contributed by atoms with Crippen LogP contribution in [0.3, 0.4) is 0 Å². The van der Waals surface area contributed by atoms with E-state index in [4.69, 9.17) is 4.74 Å². The summed E-state index contributed by atoms with van der Waals surface area (Å²) in [5.41, 5.74) is 0.611. The van der Waals surface area contributed by atoms with Crippen LogP contribution in [0.4, 0.5) is 10.1 Å². The molecule has 0 aromatic heterocycles. The van der Waals surface area contributed by atoms with E-state index < -0.39 is 21.7 Å². The Bertz CT molecular complexity index is 862. The van der Waals surface area contributed by atoms with E-state index in [0.29, 0.717) is 32.0 Å². The van der Waals surface area contributed by atoms with Crippen LogP contribution in [0.1, 0.15) is 10.4 Å². The summed E-state index contributed by atoms with van der Waals surface area (Å²) in [7, 11) is -3.57. The summed E-state index contributed by atoms with van der Waals surface area (Å²) in [6.45, 7) is 1.39. The molecule has 3 rings (SSSR count). The fourth-order valence-electron chi connectivity index (χ4n) is 2.48. The number of morpholine rings is 1. The molecule has 1 aliphatic heterocycles. The Morgan fingerprint density at radius 2 is 1.76 bits per heavy atom. The van der Waals surface area contributed by atoms with Crippen LogP contribution in [-0.4, -0.2) is 44.9 Å². The van der Waals surface area contributed by atoms with Crippen LogP contribution in [0.2, 0.25) is 0 Å². The molecule has 0 aliphatic carbocycles. The van der Waals surface area contributed by atoms with Gasteiger partial charge in [0.1, 0.15) is 5.82 Å². The number of anilines is 1. The smallest absolute Gasteiger partial charge is 0.255 e. The Morgan fingerprint density at radius 1 is 1.08 bits per heavy atom. The lowest BCUT2D eigenvalue weighted by atomic mass is 10.2. The van der Waals surface area contributed by atoms with Crippen molar-refractivity contribution in [2.75, 3.05) is 31.6 Å². The molecule has 1 amide bonds. The minimum absolute atomic E-state index is 0.151. The highest BCUT2D eigenvalue weighted by Crippen LogP contribution is 2.20. The van der Waals surface area contributed by atoms with Gasteiger partial charge in [0.2, 0.25) is 10.0 Å². The molecule has 0 radical (unpaired) electrons. The number of sulfonamides is 1. The fraction of sp³-hybridized carbons (Fsp3) is 0.235. The molecule has 1 fully saturated rings. The summed E-state index contributed by atoms with van der Waals surface area (Å²) in [5, 5.41) is 2.61. The molecule has 0 unspecified atom stereocenters. The zero-order chi connectivity index (χ0) is 17.9. The van der Waals surface area contributed by atoms with Gasteiger partial charge in [0.25, 0.3) is 5.91 Å². The molecule has 0 saturated carbocycles. The summed E-state index contributed by atoms with van der Waals surface area (Å²) in [6.07, 6.45) is 0. The Labute approximate surface area is 145 Å². The number of rotatable bonds is 4. The molecule has 8 heteroatoms. The molecule has 132 valence electrons. The Hall–Kier alpha value is -2.29. The molecule has 2 aromatic carbocycles. The standard InChI is InChI=1S/C17H17FN2O4S/c18-14-3-1-2-13(12-14)17(21)19-15-4-6-16(7-5-15)25(22,23)20-8-10-24-11-9-20/h1-7,12H,8-11H2,(H,19,21). The lowest BCUT2D eigenvalue weighted by molar-refractivity contribution is 0.0730. The quantitative estimate of drug-likeness (QED) is 0.901. The number of hydrogen-bond donors (Lipinski definition) is 1. The summed E-state index contributed by atoms with van der Waals surface area (Å²) < 4.78 is 44.7. The van der Waals surface area contributed by atoms with E-state index in [1.165, 1.54) is 46.8 Å². The number of amides is 1. The molecule has 25 heavy (non-hydrogen) atoms. The van der Waals surface area contributed by atoms with Crippen molar-refractivity contribution in [2.24, 2.45) is 0 Å². The molecule has 0 bridgehead atoms. The van der Waals surface area contributed by atoms with Crippen LogP contribution < -0.4 is 5.32 Å². The van der Waals surface area contributed by atoms with Crippen molar-refractivity contribution in [3.63, 3.8) is 0 Å². The Kier molecular flexibility index (Phi) is 5.12. The van der Waals surface area contributed by atoms with Crippen LogP contribution in [-0.2, 0) is 14.8 Å². The van der Waals surface area contributed by atoms with Gasteiger partial charge in [0.05, 0.1) is 18.1 Å².